The van der Waals surface area contributed by atoms with Crippen LogP contribution in [0.2, 0.25) is 0 Å². The van der Waals surface area contributed by atoms with E-state index in [4.69, 9.17) is 5.26 Å². The molecule has 0 aromatic heterocycles. The number of nitriles is 1. The maximum atomic E-state index is 12.6. The molecule has 1 heterocycles. The molecule has 0 radical (unpaired) electrons. The van der Waals surface area contributed by atoms with Gasteiger partial charge in [-0.1, -0.05) is 30.3 Å². The Bertz CT molecular complexity index is 868. The molecule has 3 rings (SSSR count). The monoisotopic (exact) mass is 404 g/mol. The number of benzene rings is 2. The number of rotatable bonds is 9. The second kappa shape index (κ2) is 11.0. The van der Waals surface area contributed by atoms with Crippen molar-refractivity contribution in [1.29, 1.82) is 5.26 Å². The van der Waals surface area contributed by atoms with Crippen LogP contribution in [0.15, 0.2) is 54.6 Å². The van der Waals surface area contributed by atoms with Gasteiger partial charge in [0.1, 0.15) is 0 Å². The highest BCUT2D eigenvalue weighted by atomic mass is 16.2. The molecule has 1 saturated heterocycles. The molecule has 1 aliphatic rings. The van der Waals surface area contributed by atoms with Crippen LogP contribution in [0.4, 0.5) is 11.4 Å². The van der Waals surface area contributed by atoms with Gasteiger partial charge in [-0.05, 0) is 42.7 Å². The topological polar surface area (TPSA) is 76.4 Å². The normalized spacial score (nSPS) is 13.0. The molecule has 0 atom stereocenters. The second-order valence-corrected chi connectivity index (χ2v) is 7.43. The van der Waals surface area contributed by atoms with Gasteiger partial charge in [0.25, 0.3) is 0 Å². The van der Waals surface area contributed by atoms with Gasteiger partial charge in [0, 0.05) is 50.4 Å². The predicted molar refractivity (Wildman–Crippen MR) is 118 cm³/mol. The van der Waals surface area contributed by atoms with E-state index in [1.54, 1.807) is 4.90 Å². The molecule has 1 N–H and O–H groups in total. The van der Waals surface area contributed by atoms with Crippen LogP contribution in [0, 0.1) is 11.3 Å². The van der Waals surface area contributed by atoms with E-state index in [1.807, 2.05) is 42.5 Å². The maximum Gasteiger partial charge on any atom is 0.227 e. The summed E-state index contributed by atoms with van der Waals surface area (Å²) in [5, 5.41) is 11.8. The molecule has 2 aromatic carbocycles. The van der Waals surface area contributed by atoms with Crippen LogP contribution in [0.25, 0.3) is 0 Å². The van der Waals surface area contributed by atoms with Gasteiger partial charge in [-0.2, -0.15) is 5.26 Å². The minimum Gasteiger partial charge on any atom is -0.372 e. The first kappa shape index (κ1) is 21.4. The molecule has 156 valence electrons. The molecule has 0 spiro atoms. The Balaban J connectivity index is 1.46. The lowest BCUT2D eigenvalue weighted by atomic mass is 10.2. The Morgan fingerprint density at radius 2 is 1.70 bits per heavy atom. The van der Waals surface area contributed by atoms with E-state index in [-0.39, 0.29) is 31.1 Å². The largest absolute Gasteiger partial charge is 0.372 e. The number of carbonyl (C=O) groups is 2. The van der Waals surface area contributed by atoms with Crippen molar-refractivity contribution in [1.82, 2.24) is 5.32 Å². The van der Waals surface area contributed by atoms with Crippen LogP contribution in [-0.2, 0) is 16.1 Å². The van der Waals surface area contributed by atoms with Crippen molar-refractivity contribution in [3.05, 3.63) is 60.2 Å². The molecule has 6 nitrogen and oxygen atoms in total. The molecule has 0 bridgehead atoms. The number of carbonyl (C=O) groups excluding carboxylic acids is 2. The molecule has 30 heavy (non-hydrogen) atoms. The summed E-state index contributed by atoms with van der Waals surface area (Å²) in [5.41, 5.74) is 3.01. The number of hydrogen-bond donors (Lipinski definition) is 1. The van der Waals surface area contributed by atoms with Crippen LogP contribution >= 0.6 is 0 Å². The maximum absolute atomic E-state index is 12.6. The van der Waals surface area contributed by atoms with E-state index in [2.05, 4.69) is 28.4 Å². The number of nitrogens with zero attached hydrogens (tertiary/aromatic N) is 3. The Kier molecular flexibility index (Phi) is 7.85. The summed E-state index contributed by atoms with van der Waals surface area (Å²) in [6.07, 6.45) is 2.98. The fourth-order valence-electron chi connectivity index (χ4n) is 3.61. The molecule has 6 heteroatoms. The first-order chi connectivity index (χ1) is 14.7. The van der Waals surface area contributed by atoms with E-state index in [0.29, 0.717) is 13.1 Å². The number of hydrogen-bond acceptors (Lipinski definition) is 4. The van der Waals surface area contributed by atoms with E-state index in [9.17, 15) is 9.59 Å². The standard InChI is InChI=1S/C24H28N4O2/c25-15-6-18-28(22-7-2-1-3-8-22)24(30)14-13-23(29)26-19-20-9-11-21(12-10-20)27-16-4-5-17-27/h1-3,7-12H,4-6,13-14,16-19H2,(H,26,29). The van der Waals surface area contributed by atoms with Gasteiger partial charge < -0.3 is 15.1 Å². The van der Waals surface area contributed by atoms with E-state index < -0.39 is 0 Å². The average molecular weight is 405 g/mol. The lowest BCUT2D eigenvalue weighted by Gasteiger charge is -2.21. The first-order valence-corrected chi connectivity index (χ1v) is 10.5. The molecule has 1 aliphatic heterocycles. The SMILES string of the molecule is N#CCCN(C(=O)CCC(=O)NCc1ccc(N2CCCC2)cc1)c1ccccc1. The van der Waals surface area contributed by atoms with Gasteiger partial charge in [-0.15, -0.1) is 0 Å². The van der Waals surface area contributed by atoms with Crippen LogP contribution in [-0.4, -0.2) is 31.4 Å². The summed E-state index contributed by atoms with van der Waals surface area (Å²) in [5.74, 6) is -0.304. The summed E-state index contributed by atoms with van der Waals surface area (Å²) in [7, 11) is 0. The summed E-state index contributed by atoms with van der Waals surface area (Å²) in [6.45, 7) is 2.99. The highest BCUT2D eigenvalue weighted by Crippen LogP contribution is 2.20. The third-order valence-corrected chi connectivity index (χ3v) is 5.28. The quantitative estimate of drug-likeness (QED) is 0.692. The number of para-hydroxylation sites is 1. The Morgan fingerprint density at radius 1 is 1.00 bits per heavy atom. The van der Waals surface area contributed by atoms with Crippen molar-refractivity contribution in [2.24, 2.45) is 0 Å². The third-order valence-electron chi connectivity index (χ3n) is 5.28. The Hall–Kier alpha value is -3.33. The van der Waals surface area contributed by atoms with Crippen molar-refractivity contribution in [2.75, 3.05) is 29.4 Å². The van der Waals surface area contributed by atoms with Crippen molar-refractivity contribution in [3.8, 4) is 6.07 Å². The fourth-order valence-corrected chi connectivity index (χ4v) is 3.61. The second-order valence-electron chi connectivity index (χ2n) is 7.43. The molecule has 0 unspecified atom stereocenters. The van der Waals surface area contributed by atoms with E-state index in [1.165, 1.54) is 18.5 Å². The third kappa shape index (κ3) is 6.08. The number of nitrogens with one attached hydrogen (secondary N) is 1. The van der Waals surface area contributed by atoms with Crippen LogP contribution in [0.5, 0.6) is 0 Å². The molecule has 1 fully saturated rings. The Morgan fingerprint density at radius 3 is 2.37 bits per heavy atom. The Labute approximate surface area is 178 Å². The summed E-state index contributed by atoms with van der Waals surface area (Å²) >= 11 is 0. The van der Waals surface area contributed by atoms with E-state index >= 15 is 0 Å². The minimum atomic E-state index is -0.153. The van der Waals surface area contributed by atoms with Gasteiger partial charge in [0.05, 0.1) is 12.5 Å². The van der Waals surface area contributed by atoms with Crippen LogP contribution < -0.4 is 15.1 Å². The molecular formula is C24H28N4O2. The summed E-state index contributed by atoms with van der Waals surface area (Å²) in [4.78, 5) is 28.8. The van der Waals surface area contributed by atoms with E-state index in [0.717, 1.165) is 24.3 Å². The molecule has 2 aromatic rings. The molecular weight excluding hydrogens is 376 g/mol. The summed E-state index contributed by atoms with van der Waals surface area (Å²) < 4.78 is 0. The first-order valence-electron chi connectivity index (χ1n) is 10.5. The average Bonchev–Trinajstić information content (AvgIpc) is 3.32. The fraction of sp³-hybridized carbons (Fsp3) is 0.375. The van der Waals surface area contributed by atoms with Gasteiger partial charge in [-0.3, -0.25) is 9.59 Å². The van der Waals surface area contributed by atoms with Gasteiger partial charge in [0.2, 0.25) is 11.8 Å². The smallest absolute Gasteiger partial charge is 0.227 e. The predicted octanol–water partition coefficient (Wildman–Crippen LogP) is 3.63. The molecule has 0 aliphatic carbocycles. The van der Waals surface area contributed by atoms with Gasteiger partial charge >= 0.3 is 0 Å². The van der Waals surface area contributed by atoms with Crippen LogP contribution in [0.1, 0.15) is 37.7 Å². The lowest BCUT2D eigenvalue weighted by molar-refractivity contribution is -0.125. The highest BCUT2D eigenvalue weighted by Gasteiger charge is 2.17. The van der Waals surface area contributed by atoms with Crippen LogP contribution in [0.3, 0.4) is 0 Å². The zero-order valence-corrected chi connectivity index (χ0v) is 17.2. The number of amides is 2. The zero-order chi connectivity index (χ0) is 21.2. The van der Waals surface area contributed by atoms with Crippen molar-refractivity contribution in [3.63, 3.8) is 0 Å². The number of anilines is 2. The van der Waals surface area contributed by atoms with Gasteiger partial charge in [-0.25, -0.2) is 0 Å². The minimum absolute atomic E-state index is 0.111. The zero-order valence-electron chi connectivity index (χ0n) is 17.2. The highest BCUT2D eigenvalue weighted by molar-refractivity contribution is 5.95. The van der Waals surface area contributed by atoms with Gasteiger partial charge in [0.15, 0.2) is 0 Å². The molecule has 0 saturated carbocycles. The van der Waals surface area contributed by atoms with Crippen molar-refractivity contribution < 1.29 is 9.59 Å². The molecule has 2 amide bonds. The van der Waals surface area contributed by atoms with Crippen molar-refractivity contribution in [2.45, 2.75) is 38.6 Å². The lowest BCUT2D eigenvalue weighted by Crippen LogP contribution is -2.33. The summed E-state index contributed by atoms with van der Waals surface area (Å²) in [6, 6.07) is 19.6. The van der Waals surface area contributed by atoms with Crippen molar-refractivity contribution >= 4 is 23.2 Å².